The predicted molar refractivity (Wildman–Crippen MR) is 69.9 cm³/mol. The molecule has 3 heteroatoms. The molecule has 3 nitrogen and oxygen atoms in total. The number of benzene rings is 1. The van der Waals surface area contributed by atoms with Gasteiger partial charge in [-0.15, -0.1) is 0 Å². The van der Waals surface area contributed by atoms with Gasteiger partial charge in [0.2, 0.25) is 0 Å². The zero-order valence-electron chi connectivity index (χ0n) is 10.3. The SMILES string of the molecule is CNCCC(C)(O)c1cnc2ccccc2c1. The average molecular weight is 230 g/mol. The second-order valence-corrected chi connectivity index (χ2v) is 4.54. The summed E-state index contributed by atoms with van der Waals surface area (Å²) in [7, 11) is 1.88. The average Bonchev–Trinajstić information content (AvgIpc) is 2.36. The Labute approximate surface area is 102 Å². The van der Waals surface area contributed by atoms with Gasteiger partial charge in [0, 0.05) is 17.1 Å². The van der Waals surface area contributed by atoms with Crippen LogP contribution in [-0.4, -0.2) is 23.7 Å². The van der Waals surface area contributed by atoms with Gasteiger partial charge in [-0.1, -0.05) is 18.2 Å². The molecule has 0 bridgehead atoms. The van der Waals surface area contributed by atoms with E-state index >= 15 is 0 Å². The second kappa shape index (κ2) is 4.82. The number of nitrogens with zero attached hydrogens (tertiary/aromatic N) is 1. The van der Waals surface area contributed by atoms with Crippen LogP contribution in [0.4, 0.5) is 0 Å². The molecule has 90 valence electrons. The Bertz CT molecular complexity index is 508. The van der Waals surface area contributed by atoms with Crippen molar-refractivity contribution in [3.8, 4) is 0 Å². The molecule has 1 atom stereocenters. The predicted octanol–water partition coefficient (Wildman–Crippen LogP) is 2.05. The van der Waals surface area contributed by atoms with Crippen LogP contribution in [0.3, 0.4) is 0 Å². The molecule has 2 N–H and O–H groups in total. The zero-order chi connectivity index (χ0) is 12.3. The van der Waals surface area contributed by atoms with E-state index in [1.54, 1.807) is 6.20 Å². The summed E-state index contributed by atoms with van der Waals surface area (Å²) in [6.45, 7) is 2.61. The molecule has 17 heavy (non-hydrogen) atoms. The Morgan fingerprint density at radius 1 is 1.35 bits per heavy atom. The number of hydrogen-bond donors (Lipinski definition) is 2. The van der Waals surface area contributed by atoms with Crippen LogP contribution in [0.1, 0.15) is 18.9 Å². The molecule has 1 heterocycles. The van der Waals surface area contributed by atoms with Gasteiger partial charge in [-0.05, 0) is 39.1 Å². The van der Waals surface area contributed by atoms with Crippen LogP contribution in [0.5, 0.6) is 0 Å². The maximum atomic E-state index is 10.4. The van der Waals surface area contributed by atoms with Gasteiger partial charge in [0.05, 0.1) is 11.1 Å². The van der Waals surface area contributed by atoms with Crippen LogP contribution >= 0.6 is 0 Å². The minimum Gasteiger partial charge on any atom is -0.385 e. The number of rotatable bonds is 4. The summed E-state index contributed by atoms with van der Waals surface area (Å²) in [5, 5.41) is 14.5. The quantitative estimate of drug-likeness (QED) is 0.845. The van der Waals surface area contributed by atoms with E-state index in [1.807, 2.05) is 44.3 Å². The van der Waals surface area contributed by atoms with Gasteiger partial charge in [-0.25, -0.2) is 0 Å². The van der Waals surface area contributed by atoms with Gasteiger partial charge in [0.15, 0.2) is 0 Å². The first-order chi connectivity index (χ1) is 8.13. The fraction of sp³-hybridized carbons (Fsp3) is 0.357. The van der Waals surface area contributed by atoms with Crippen LogP contribution in [-0.2, 0) is 5.60 Å². The fourth-order valence-corrected chi connectivity index (χ4v) is 1.88. The maximum Gasteiger partial charge on any atom is 0.0895 e. The van der Waals surface area contributed by atoms with Crippen molar-refractivity contribution in [1.29, 1.82) is 0 Å². The van der Waals surface area contributed by atoms with Crippen molar-refractivity contribution in [1.82, 2.24) is 10.3 Å². The molecule has 1 aromatic heterocycles. The lowest BCUT2D eigenvalue weighted by atomic mass is 9.93. The van der Waals surface area contributed by atoms with Crippen LogP contribution in [0, 0.1) is 0 Å². The summed E-state index contributed by atoms with van der Waals surface area (Å²) in [5.41, 5.74) is 0.993. The van der Waals surface area contributed by atoms with E-state index in [-0.39, 0.29) is 0 Å². The van der Waals surface area contributed by atoms with Crippen molar-refractivity contribution in [2.24, 2.45) is 0 Å². The van der Waals surface area contributed by atoms with Gasteiger partial charge in [0.25, 0.3) is 0 Å². The van der Waals surface area contributed by atoms with Crippen molar-refractivity contribution in [3.05, 3.63) is 42.1 Å². The molecule has 0 radical (unpaired) electrons. The van der Waals surface area contributed by atoms with E-state index in [2.05, 4.69) is 10.3 Å². The van der Waals surface area contributed by atoms with Crippen molar-refractivity contribution in [2.45, 2.75) is 18.9 Å². The number of pyridine rings is 1. The Morgan fingerprint density at radius 3 is 2.88 bits per heavy atom. The van der Waals surface area contributed by atoms with Crippen molar-refractivity contribution in [2.75, 3.05) is 13.6 Å². The largest absolute Gasteiger partial charge is 0.385 e. The molecule has 0 amide bonds. The maximum absolute atomic E-state index is 10.4. The second-order valence-electron chi connectivity index (χ2n) is 4.54. The van der Waals surface area contributed by atoms with Gasteiger partial charge < -0.3 is 10.4 Å². The van der Waals surface area contributed by atoms with Crippen LogP contribution in [0.15, 0.2) is 36.5 Å². The lowest BCUT2D eigenvalue weighted by Gasteiger charge is -2.23. The smallest absolute Gasteiger partial charge is 0.0895 e. The molecule has 2 rings (SSSR count). The summed E-state index contributed by atoms with van der Waals surface area (Å²) < 4.78 is 0. The molecule has 0 aliphatic rings. The van der Waals surface area contributed by atoms with E-state index in [0.717, 1.165) is 23.0 Å². The number of aliphatic hydroxyl groups is 1. The third-order valence-corrected chi connectivity index (χ3v) is 3.07. The van der Waals surface area contributed by atoms with Gasteiger partial charge in [-0.3, -0.25) is 4.98 Å². The van der Waals surface area contributed by atoms with E-state index in [1.165, 1.54) is 0 Å². The minimum atomic E-state index is -0.833. The molecular weight excluding hydrogens is 212 g/mol. The standard InChI is InChI=1S/C14H18N2O/c1-14(17,7-8-15-2)12-9-11-5-3-4-6-13(11)16-10-12/h3-6,9-10,15,17H,7-8H2,1-2H3. The fourth-order valence-electron chi connectivity index (χ4n) is 1.88. The first-order valence-electron chi connectivity index (χ1n) is 5.86. The molecule has 0 saturated heterocycles. The molecule has 1 unspecified atom stereocenters. The van der Waals surface area contributed by atoms with Crippen LogP contribution in [0.2, 0.25) is 0 Å². The Morgan fingerprint density at radius 2 is 2.12 bits per heavy atom. The number of fused-ring (bicyclic) bond motifs is 1. The highest BCUT2D eigenvalue weighted by molar-refractivity contribution is 5.78. The topological polar surface area (TPSA) is 45.1 Å². The van der Waals surface area contributed by atoms with Crippen molar-refractivity contribution >= 4 is 10.9 Å². The van der Waals surface area contributed by atoms with E-state index in [4.69, 9.17) is 0 Å². The highest BCUT2D eigenvalue weighted by Gasteiger charge is 2.22. The molecule has 0 spiro atoms. The Kier molecular flexibility index (Phi) is 3.41. The lowest BCUT2D eigenvalue weighted by Crippen LogP contribution is -2.26. The van der Waals surface area contributed by atoms with Crippen LogP contribution < -0.4 is 5.32 Å². The van der Waals surface area contributed by atoms with Gasteiger partial charge >= 0.3 is 0 Å². The molecule has 0 aliphatic heterocycles. The third-order valence-electron chi connectivity index (χ3n) is 3.07. The molecular formula is C14H18N2O. The number of para-hydroxylation sites is 1. The molecule has 1 aromatic carbocycles. The number of hydrogen-bond acceptors (Lipinski definition) is 3. The van der Waals surface area contributed by atoms with Gasteiger partial charge in [0.1, 0.15) is 0 Å². The summed E-state index contributed by atoms with van der Waals surface area (Å²) in [6, 6.07) is 9.95. The van der Waals surface area contributed by atoms with Gasteiger partial charge in [-0.2, -0.15) is 0 Å². The molecule has 0 saturated carbocycles. The van der Waals surface area contributed by atoms with Crippen molar-refractivity contribution in [3.63, 3.8) is 0 Å². The Hall–Kier alpha value is -1.45. The monoisotopic (exact) mass is 230 g/mol. The summed E-state index contributed by atoms with van der Waals surface area (Å²) in [4.78, 5) is 4.38. The third kappa shape index (κ3) is 2.62. The van der Waals surface area contributed by atoms with E-state index in [9.17, 15) is 5.11 Å². The lowest BCUT2D eigenvalue weighted by molar-refractivity contribution is 0.0483. The van der Waals surface area contributed by atoms with Crippen LogP contribution in [0.25, 0.3) is 10.9 Å². The molecule has 2 aromatic rings. The van der Waals surface area contributed by atoms with Crippen molar-refractivity contribution < 1.29 is 5.11 Å². The first kappa shape index (κ1) is 12.0. The number of nitrogens with one attached hydrogen (secondary N) is 1. The minimum absolute atomic E-state index is 0.670. The first-order valence-corrected chi connectivity index (χ1v) is 5.86. The summed E-state index contributed by atoms with van der Waals surface area (Å²) in [6.07, 6.45) is 2.43. The molecule has 0 aliphatic carbocycles. The van der Waals surface area contributed by atoms with E-state index < -0.39 is 5.60 Å². The zero-order valence-corrected chi connectivity index (χ0v) is 10.3. The Balaban J connectivity index is 2.35. The highest BCUT2D eigenvalue weighted by atomic mass is 16.3. The number of aromatic nitrogens is 1. The molecule has 0 fully saturated rings. The van der Waals surface area contributed by atoms with E-state index in [0.29, 0.717) is 6.42 Å². The summed E-state index contributed by atoms with van der Waals surface area (Å²) in [5.74, 6) is 0. The summed E-state index contributed by atoms with van der Waals surface area (Å²) >= 11 is 0. The highest BCUT2D eigenvalue weighted by Crippen LogP contribution is 2.25. The normalized spacial score (nSPS) is 14.8.